The van der Waals surface area contributed by atoms with E-state index in [4.69, 9.17) is 9.47 Å². The van der Waals surface area contributed by atoms with Crippen molar-refractivity contribution >= 4 is 10.8 Å². The van der Waals surface area contributed by atoms with Gasteiger partial charge in [0.25, 0.3) is 0 Å². The maximum absolute atomic E-state index is 5.75. The highest BCUT2D eigenvalue weighted by molar-refractivity contribution is 5.88. The smallest absolute Gasteiger partial charge is 0.0731 e. The van der Waals surface area contributed by atoms with E-state index in [1.807, 2.05) is 0 Å². The van der Waals surface area contributed by atoms with Crippen LogP contribution < -0.4 is 0 Å². The normalized spacial score (nSPS) is 19.1. The topological polar surface area (TPSA) is 21.7 Å². The predicted octanol–water partition coefficient (Wildman–Crippen LogP) is 3.01. The molecule has 2 aliphatic rings. The van der Waals surface area contributed by atoms with E-state index in [9.17, 15) is 0 Å². The first kappa shape index (κ1) is 13.3. The van der Waals surface area contributed by atoms with E-state index >= 15 is 0 Å². The molecular formula is C18H21NO2. The predicted molar refractivity (Wildman–Crippen MR) is 83.3 cm³/mol. The van der Waals surface area contributed by atoms with Crippen LogP contribution in [0.25, 0.3) is 10.8 Å². The van der Waals surface area contributed by atoms with Gasteiger partial charge >= 0.3 is 0 Å². The van der Waals surface area contributed by atoms with Crippen molar-refractivity contribution in [1.29, 1.82) is 0 Å². The zero-order chi connectivity index (χ0) is 14.2. The maximum atomic E-state index is 5.75. The second kappa shape index (κ2) is 5.41. The van der Waals surface area contributed by atoms with E-state index in [0.29, 0.717) is 0 Å². The molecule has 0 N–H and O–H groups in total. The number of hydrogen-bond donors (Lipinski definition) is 0. The lowest BCUT2D eigenvalue weighted by atomic mass is 9.94. The van der Waals surface area contributed by atoms with Crippen molar-refractivity contribution in [1.82, 2.24) is 4.90 Å². The highest BCUT2D eigenvalue weighted by Gasteiger charge is 2.21. The Morgan fingerprint density at radius 1 is 1.00 bits per heavy atom. The molecule has 3 nitrogen and oxygen atoms in total. The van der Waals surface area contributed by atoms with E-state index in [1.54, 1.807) is 0 Å². The Labute approximate surface area is 125 Å². The first-order valence-corrected chi connectivity index (χ1v) is 7.73. The molecule has 110 valence electrons. The summed E-state index contributed by atoms with van der Waals surface area (Å²) in [6.45, 7) is 8.45. The van der Waals surface area contributed by atoms with E-state index in [1.165, 1.54) is 33.0 Å². The van der Waals surface area contributed by atoms with E-state index in [0.717, 1.165) is 46.1 Å². The summed E-state index contributed by atoms with van der Waals surface area (Å²) in [6, 6.07) is 9.09. The second-order valence-corrected chi connectivity index (χ2v) is 6.10. The number of rotatable bonds is 2. The lowest BCUT2D eigenvalue weighted by molar-refractivity contribution is 0.0339. The fourth-order valence-corrected chi connectivity index (χ4v) is 3.43. The Bertz CT molecular complexity index is 674. The number of benzene rings is 2. The third kappa shape index (κ3) is 2.46. The summed E-state index contributed by atoms with van der Waals surface area (Å²) in [5.74, 6) is 0. The van der Waals surface area contributed by atoms with Gasteiger partial charge in [-0.1, -0.05) is 23.8 Å². The van der Waals surface area contributed by atoms with Crippen LogP contribution in [0.5, 0.6) is 0 Å². The van der Waals surface area contributed by atoms with Gasteiger partial charge in [-0.15, -0.1) is 0 Å². The molecule has 1 fully saturated rings. The molecule has 0 aliphatic carbocycles. The number of nitrogens with zero attached hydrogens (tertiary/aromatic N) is 1. The minimum atomic E-state index is 0.756. The van der Waals surface area contributed by atoms with Crippen LogP contribution in [-0.2, 0) is 29.2 Å². The molecule has 0 spiro atoms. The van der Waals surface area contributed by atoms with Gasteiger partial charge < -0.3 is 9.47 Å². The standard InChI is InChI=1S/C18H21NO2/c1-13-2-3-14-9-15(10-19-4-6-20-7-5-19)17-11-21-12-18(17)16(14)8-13/h2-3,8-9H,4-7,10-12H2,1H3. The van der Waals surface area contributed by atoms with E-state index < -0.39 is 0 Å². The molecule has 3 heteroatoms. The average molecular weight is 283 g/mol. The molecule has 4 rings (SSSR count). The Hall–Kier alpha value is -1.42. The fraction of sp³-hybridized carbons (Fsp3) is 0.444. The fourth-order valence-electron chi connectivity index (χ4n) is 3.43. The van der Waals surface area contributed by atoms with Crippen LogP contribution in [0.1, 0.15) is 22.3 Å². The van der Waals surface area contributed by atoms with Crippen molar-refractivity contribution in [3.05, 3.63) is 46.5 Å². The van der Waals surface area contributed by atoms with Gasteiger partial charge in [0.15, 0.2) is 0 Å². The van der Waals surface area contributed by atoms with Crippen LogP contribution in [0.4, 0.5) is 0 Å². The minimum Gasteiger partial charge on any atom is -0.379 e. The molecule has 0 aromatic heterocycles. The van der Waals surface area contributed by atoms with Crippen molar-refractivity contribution in [3.63, 3.8) is 0 Å². The van der Waals surface area contributed by atoms with Gasteiger partial charge in [0, 0.05) is 19.6 Å². The largest absolute Gasteiger partial charge is 0.379 e. The third-order valence-corrected chi connectivity index (χ3v) is 4.61. The Morgan fingerprint density at radius 3 is 2.67 bits per heavy atom. The quantitative estimate of drug-likeness (QED) is 0.845. The number of aryl methyl sites for hydroxylation is 1. The summed E-state index contributed by atoms with van der Waals surface area (Å²) in [5, 5.41) is 2.71. The van der Waals surface area contributed by atoms with Crippen LogP contribution in [0.3, 0.4) is 0 Å². The van der Waals surface area contributed by atoms with Crippen molar-refractivity contribution in [2.45, 2.75) is 26.7 Å². The number of hydrogen-bond acceptors (Lipinski definition) is 3. The highest BCUT2D eigenvalue weighted by atomic mass is 16.5. The lowest BCUT2D eigenvalue weighted by Gasteiger charge is -2.27. The average Bonchev–Trinajstić information content (AvgIpc) is 2.99. The zero-order valence-corrected chi connectivity index (χ0v) is 12.5. The summed E-state index contributed by atoms with van der Waals surface area (Å²) < 4.78 is 11.2. The summed E-state index contributed by atoms with van der Waals surface area (Å²) >= 11 is 0. The molecule has 2 heterocycles. The van der Waals surface area contributed by atoms with Crippen molar-refractivity contribution < 1.29 is 9.47 Å². The summed E-state index contributed by atoms with van der Waals surface area (Å²) in [5.41, 5.74) is 5.57. The number of ether oxygens (including phenoxy) is 2. The first-order valence-electron chi connectivity index (χ1n) is 7.73. The van der Waals surface area contributed by atoms with Gasteiger partial charge in [0.05, 0.1) is 26.4 Å². The molecule has 2 aliphatic heterocycles. The minimum absolute atomic E-state index is 0.756. The summed E-state index contributed by atoms with van der Waals surface area (Å²) in [7, 11) is 0. The molecule has 21 heavy (non-hydrogen) atoms. The molecule has 1 saturated heterocycles. The molecule has 2 aromatic carbocycles. The SMILES string of the molecule is Cc1ccc2cc(CN3CCOCC3)c3c(c2c1)COC3. The van der Waals surface area contributed by atoms with Crippen LogP contribution >= 0.6 is 0 Å². The van der Waals surface area contributed by atoms with Gasteiger partial charge in [0.1, 0.15) is 0 Å². The molecule has 0 atom stereocenters. The third-order valence-electron chi connectivity index (χ3n) is 4.61. The molecule has 0 amide bonds. The van der Waals surface area contributed by atoms with Crippen LogP contribution in [0.2, 0.25) is 0 Å². The van der Waals surface area contributed by atoms with Gasteiger partial charge in [0.2, 0.25) is 0 Å². The van der Waals surface area contributed by atoms with Crippen molar-refractivity contribution in [2.24, 2.45) is 0 Å². The van der Waals surface area contributed by atoms with Crippen LogP contribution in [-0.4, -0.2) is 31.2 Å². The Balaban J connectivity index is 1.76. The van der Waals surface area contributed by atoms with Crippen molar-refractivity contribution in [2.75, 3.05) is 26.3 Å². The second-order valence-electron chi connectivity index (χ2n) is 6.10. The maximum Gasteiger partial charge on any atom is 0.0731 e. The summed E-state index contributed by atoms with van der Waals surface area (Å²) in [4.78, 5) is 2.48. The van der Waals surface area contributed by atoms with Gasteiger partial charge in [-0.3, -0.25) is 4.90 Å². The Kier molecular flexibility index (Phi) is 3.42. The molecule has 0 saturated carbocycles. The Morgan fingerprint density at radius 2 is 1.81 bits per heavy atom. The molecule has 2 aromatic rings. The zero-order valence-electron chi connectivity index (χ0n) is 12.5. The van der Waals surface area contributed by atoms with E-state index in [2.05, 4.69) is 36.1 Å². The van der Waals surface area contributed by atoms with Gasteiger partial charge in [-0.2, -0.15) is 0 Å². The molecular weight excluding hydrogens is 262 g/mol. The van der Waals surface area contributed by atoms with Crippen LogP contribution in [0.15, 0.2) is 24.3 Å². The number of morpholine rings is 1. The van der Waals surface area contributed by atoms with E-state index in [-0.39, 0.29) is 0 Å². The number of fused-ring (bicyclic) bond motifs is 3. The highest BCUT2D eigenvalue weighted by Crippen LogP contribution is 2.33. The lowest BCUT2D eigenvalue weighted by Crippen LogP contribution is -2.35. The molecule has 0 radical (unpaired) electrons. The van der Waals surface area contributed by atoms with Gasteiger partial charge in [-0.05, 0) is 40.5 Å². The first-order chi connectivity index (χ1) is 10.3. The molecule has 0 unspecified atom stereocenters. The van der Waals surface area contributed by atoms with Crippen molar-refractivity contribution in [3.8, 4) is 0 Å². The van der Waals surface area contributed by atoms with Gasteiger partial charge in [-0.25, -0.2) is 0 Å². The molecule has 0 bridgehead atoms. The summed E-state index contributed by atoms with van der Waals surface area (Å²) in [6.07, 6.45) is 0. The van der Waals surface area contributed by atoms with Crippen LogP contribution in [0, 0.1) is 6.92 Å². The monoisotopic (exact) mass is 283 g/mol.